The average molecular weight is 455 g/mol. The van der Waals surface area contributed by atoms with E-state index in [2.05, 4.69) is 22.4 Å². The molecule has 1 aromatic heterocycles. The normalized spacial score (nSPS) is 16.4. The molecule has 1 aliphatic heterocycles. The summed E-state index contributed by atoms with van der Waals surface area (Å²) in [5, 5.41) is 7.68. The lowest BCUT2D eigenvalue weighted by molar-refractivity contribution is 0.204. The number of rotatable bonds is 7. The summed E-state index contributed by atoms with van der Waals surface area (Å²) in [6.45, 7) is 4.58. The molecule has 166 valence electrons. The first-order valence-corrected chi connectivity index (χ1v) is 11.0. The second-order valence-electron chi connectivity index (χ2n) is 7.73. The van der Waals surface area contributed by atoms with Gasteiger partial charge >= 0.3 is 6.03 Å². The minimum atomic E-state index is -0.510. The predicted molar refractivity (Wildman–Crippen MR) is 121 cm³/mol. The zero-order valence-electron chi connectivity index (χ0n) is 17.9. The van der Waals surface area contributed by atoms with Crippen LogP contribution in [0.2, 0.25) is 5.02 Å². The highest BCUT2D eigenvalue weighted by molar-refractivity contribution is 6.30. The van der Waals surface area contributed by atoms with Crippen molar-refractivity contribution in [2.24, 2.45) is 0 Å². The first kappa shape index (κ1) is 22.0. The molecule has 8 heteroatoms. The number of amides is 2. The van der Waals surface area contributed by atoms with Gasteiger partial charge in [-0.1, -0.05) is 60.8 Å². The van der Waals surface area contributed by atoms with E-state index in [-0.39, 0.29) is 23.6 Å². The second-order valence-corrected chi connectivity index (χ2v) is 8.17. The lowest BCUT2D eigenvalue weighted by atomic mass is 9.94. The van der Waals surface area contributed by atoms with Crippen molar-refractivity contribution in [2.75, 3.05) is 6.54 Å². The first-order valence-electron chi connectivity index (χ1n) is 10.6. The van der Waals surface area contributed by atoms with E-state index in [1.165, 1.54) is 12.1 Å². The highest BCUT2D eigenvalue weighted by atomic mass is 35.5. The van der Waals surface area contributed by atoms with Crippen LogP contribution in [-0.4, -0.2) is 27.6 Å². The number of hydrogen-bond acceptors (Lipinski definition) is 4. The van der Waals surface area contributed by atoms with Gasteiger partial charge in [0, 0.05) is 22.8 Å². The van der Waals surface area contributed by atoms with E-state index in [1.54, 1.807) is 29.2 Å². The molecule has 1 N–H and O–H groups in total. The molecule has 2 amide bonds. The highest BCUT2D eigenvalue weighted by Crippen LogP contribution is 2.38. The summed E-state index contributed by atoms with van der Waals surface area (Å²) in [5.41, 5.74) is 2.75. The Bertz CT molecular complexity index is 1160. The summed E-state index contributed by atoms with van der Waals surface area (Å²) in [7, 11) is 0. The van der Waals surface area contributed by atoms with E-state index in [4.69, 9.17) is 16.1 Å². The van der Waals surface area contributed by atoms with E-state index in [0.717, 1.165) is 30.5 Å². The van der Waals surface area contributed by atoms with Crippen molar-refractivity contribution in [1.29, 1.82) is 0 Å². The van der Waals surface area contributed by atoms with Gasteiger partial charge in [-0.05, 0) is 43.2 Å². The summed E-state index contributed by atoms with van der Waals surface area (Å²) in [4.78, 5) is 19.2. The summed E-state index contributed by atoms with van der Waals surface area (Å²) < 4.78 is 19.3. The van der Waals surface area contributed by atoms with Crippen LogP contribution in [0.3, 0.4) is 0 Å². The van der Waals surface area contributed by atoms with Crippen LogP contribution in [-0.2, 0) is 0 Å². The van der Waals surface area contributed by atoms with Crippen LogP contribution in [0.25, 0.3) is 17.0 Å². The zero-order chi connectivity index (χ0) is 22.7. The van der Waals surface area contributed by atoms with Crippen molar-refractivity contribution in [3.05, 3.63) is 76.5 Å². The number of nitrogens with one attached hydrogen (secondary N) is 1. The number of carbonyl (C=O) groups excluding carboxylic acids is 1. The predicted octanol–water partition coefficient (Wildman–Crippen LogP) is 6.22. The van der Waals surface area contributed by atoms with Crippen molar-refractivity contribution >= 4 is 23.2 Å². The molecule has 0 saturated carbocycles. The minimum Gasteiger partial charge on any atom is -0.334 e. The fraction of sp³-hybridized carbons (Fsp3) is 0.292. The molecule has 0 fully saturated rings. The molecule has 2 heterocycles. The maximum absolute atomic E-state index is 13.7. The van der Waals surface area contributed by atoms with Crippen molar-refractivity contribution in [1.82, 2.24) is 20.4 Å². The fourth-order valence-corrected chi connectivity index (χ4v) is 4.06. The summed E-state index contributed by atoms with van der Waals surface area (Å²) >= 11 is 6.22. The van der Waals surface area contributed by atoms with Crippen molar-refractivity contribution in [2.45, 2.75) is 39.2 Å². The van der Waals surface area contributed by atoms with E-state index in [1.807, 2.05) is 19.1 Å². The van der Waals surface area contributed by atoms with Crippen LogP contribution in [0, 0.1) is 5.82 Å². The number of halogens is 2. The Kier molecular flexibility index (Phi) is 6.55. The molecule has 0 saturated heterocycles. The third-order valence-corrected chi connectivity index (χ3v) is 5.74. The Hall–Kier alpha value is -3.19. The van der Waals surface area contributed by atoms with Gasteiger partial charge in [-0.15, -0.1) is 0 Å². The Morgan fingerprint density at radius 3 is 2.75 bits per heavy atom. The van der Waals surface area contributed by atoms with E-state index in [0.29, 0.717) is 22.7 Å². The second kappa shape index (κ2) is 9.53. The minimum absolute atomic E-state index is 0.183. The lowest BCUT2D eigenvalue weighted by Crippen LogP contribution is -2.46. The Labute approximate surface area is 191 Å². The lowest BCUT2D eigenvalue weighted by Gasteiger charge is -2.35. The Morgan fingerprint density at radius 2 is 2.00 bits per heavy atom. The molecule has 4 rings (SSSR count). The Morgan fingerprint density at radius 1 is 1.19 bits per heavy atom. The van der Waals surface area contributed by atoms with Gasteiger partial charge in [-0.3, -0.25) is 4.90 Å². The number of urea groups is 1. The van der Waals surface area contributed by atoms with E-state index >= 15 is 0 Å². The molecule has 0 spiro atoms. The maximum Gasteiger partial charge on any atom is 0.322 e. The van der Waals surface area contributed by atoms with Crippen molar-refractivity contribution < 1.29 is 13.7 Å². The van der Waals surface area contributed by atoms with Gasteiger partial charge in [0.15, 0.2) is 0 Å². The zero-order valence-corrected chi connectivity index (χ0v) is 18.7. The molecular weight excluding hydrogens is 431 g/mol. The molecule has 1 unspecified atom stereocenters. The number of benzene rings is 2. The summed E-state index contributed by atoms with van der Waals surface area (Å²) in [6, 6.07) is 12.6. The summed E-state index contributed by atoms with van der Waals surface area (Å²) in [6.07, 6.45) is 2.96. The Balaban J connectivity index is 1.78. The van der Waals surface area contributed by atoms with Crippen LogP contribution in [0.1, 0.15) is 50.6 Å². The van der Waals surface area contributed by atoms with Crippen LogP contribution >= 0.6 is 11.6 Å². The van der Waals surface area contributed by atoms with Gasteiger partial charge in [0.2, 0.25) is 5.82 Å². The number of carbonyl (C=O) groups is 1. The van der Waals surface area contributed by atoms with E-state index in [9.17, 15) is 9.18 Å². The average Bonchev–Trinajstić information content (AvgIpc) is 3.25. The van der Waals surface area contributed by atoms with Crippen LogP contribution < -0.4 is 5.32 Å². The molecule has 0 bridgehead atoms. The largest absolute Gasteiger partial charge is 0.334 e. The number of allylic oxidation sites excluding steroid dienone is 1. The number of hydrogen-bond donors (Lipinski definition) is 1. The molecule has 6 nitrogen and oxygen atoms in total. The molecule has 3 aromatic rings. The molecular formula is C24H24ClFN4O2. The fourth-order valence-electron chi connectivity index (χ4n) is 3.86. The molecule has 1 aliphatic rings. The van der Waals surface area contributed by atoms with Gasteiger partial charge in [0.25, 0.3) is 5.89 Å². The summed E-state index contributed by atoms with van der Waals surface area (Å²) in [5.74, 6) is 0.166. The number of aromatic nitrogens is 2. The van der Waals surface area contributed by atoms with Gasteiger partial charge < -0.3 is 9.84 Å². The highest BCUT2D eigenvalue weighted by Gasteiger charge is 2.35. The van der Waals surface area contributed by atoms with Crippen LogP contribution in [0.15, 0.2) is 58.8 Å². The van der Waals surface area contributed by atoms with Crippen LogP contribution in [0.5, 0.6) is 0 Å². The smallest absolute Gasteiger partial charge is 0.322 e. The molecule has 2 aromatic carbocycles. The standard InChI is InChI=1S/C24H24ClFN4O2/c1-3-4-5-12-30-15(2)20(21(27-24(30)31)16-8-6-10-18(25)13-16)23-28-22(29-32-23)17-9-7-11-19(26)14-17/h6-11,13-14,21H,3-5,12H2,1-2H3,(H,27,31). The SMILES string of the molecule is CCCCCN1C(=O)NC(c2cccc(Cl)c2)C(c2nc(-c3cccc(F)c3)no2)=C1C. The monoisotopic (exact) mass is 454 g/mol. The van der Waals surface area contributed by atoms with Gasteiger partial charge in [-0.25, -0.2) is 9.18 Å². The third kappa shape index (κ3) is 4.53. The topological polar surface area (TPSA) is 71.3 Å². The van der Waals surface area contributed by atoms with Gasteiger partial charge in [0.05, 0.1) is 11.6 Å². The van der Waals surface area contributed by atoms with Gasteiger partial charge in [0.1, 0.15) is 5.82 Å². The van der Waals surface area contributed by atoms with Crippen molar-refractivity contribution in [3.8, 4) is 11.4 Å². The van der Waals surface area contributed by atoms with Crippen molar-refractivity contribution in [3.63, 3.8) is 0 Å². The van der Waals surface area contributed by atoms with Crippen LogP contribution in [0.4, 0.5) is 9.18 Å². The molecule has 0 radical (unpaired) electrons. The molecule has 1 atom stereocenters. The first-order chi connectivity index (χ1) is 15.5. The van der Waals surface area contributed by atoms with Gasteiger partial charge in [-0.2, -0.15) is 4.98 Å². The third-order valence-electron chi connectivity index (χ3n) is 5.50. The quantitative estimate of drug-likeness (QED) is 0.430. The van der Waals surface area contributed by atoms with E-state index < -0.39 is 6.04 Å². The number of unbranched alkanes of at least 4 members (excludes halogenated alkanes) is 2. The molecule has 0 aliphatic carbocycles. The maximum atomic E-state index is 13.7. The molecule has 32 heavy (non-hydrogen) atoms. The number of nitrogens with zero attached hydrogens (tertiary/aromatic N) is 3.